The van der Waals surface area contributed by atoms with Gasteiger partial charge in [-0.1, -0.05) is 0 Å². The lowest BCUT2D eigenvalue weighted by molar-refractivity contribution is -0.200. The van der Waals surface area contributed by atoms with E-state index in [2.05, 4.69) is 30.9 Å². The quantitative estimate of drug-likeness (QED) is 0.591. The zero-order valence-electron chi connectivity index (χ0n) is 12.9. The maximum atomic E-state index is 12.0. The van der Waals surface area contributed by atoms with Crippen molar-refractivity contribution in [1.29, 1.82) is 0 Å². The van der Waals surface area contributed by atoms with Crippen LogP contribution >= 0.6 is 15.9 Å². The monoisotopic (exact) mass is 401 g/mol. The molecule has 4 atom stereocenters. The first kappa shape index (κ1) is 16.0. The van der Waals surface area contributed by atoms with Crippen molar-refractivity contribution < 1.29 is 19.3 Å². The number of halogens is 1. The van der Waals surface area contributed by atoms with Crippen LogP contribution in [0.5, 0.6) is 0 Å². The summed E-state index contributed by atoms with van der Waals surface area (Å²) in [5.74, 6) is -0.837. The highest BCUT2D eigenvalue weighted by atomic mass is 79.9. The van der Waals surface area contributed by atoms with Crippen molar-refractivity contribution in [2.75, 3.05) is 12.3 Å². The molecule has 0 aromatic carbocycles. The van der Waals surface area contributed by atoms with Gasteiger partial charge >= 0.3 is 0 Å². The number of nitrogens with zero attached hydrogens (tertiary/aromatic N) is 3. The molecule has 10 nitrogen and oxygen atoms in total. The van der Waals surface area contributed by atoms with E-state index >= 15 is 0 Å². The second-order valence-electron chi connectivity index (χ2n) is 6.19. The fourth-order valence-electron chi connectivity index (χ4n) is 3.21. The molecule has 4 N–H and O–H groups in total. The summed E-state index contributed by atoms with van der Waals surface area (Å²) in [4.78, 5) is 22.8. The summed E-state index contributed by atoms with van der Waals surface area (Å²) < 4.78 is 19.6. The maximum Gasteiger partial charge on any atom is 0.280 e. The van der Waals surface area contributed by atoms with Gasteiger partial charge in [-0.15, -0.1) is 0 Å². The van der Waals surface area contributed by atoms with Gasteiger partial charge in [0, 0.05) is 0 Å². The van der Waals surface area contributed by atoms with E-state index in [-0.39, 0.29) is 23.7 Å². The predicted molar refractivity (Wildman–Crippen MR) is 85.1 cm³/mol. The molecule has 4 heterocycles. The Bertz CT molecular complexity index is 864. The number of aliphatic hydroxyl groups is 1. The molecule has 4 rings (SSSR count). The van der Waals surface area contributed by atoms with Gasteiger partial charge in [0.15, 0.2) is 27.9 Å². The number of nitrogens with one attached hydrogen (secondary N) is 1. The molecule has 2 saturated heterocycles. The number of nitrogens with two attached hydrogens (primary N) is 1. The van der Waals surface area contributed by atoms with Crippen molar-refractivity contribution >= 4 is 33.0 Å². The van der Waals surface area contributed by atoms with E-state index in [1.54, 1.807) is 18.4 Å². The second kappa shape index (κ2) is 5.23. The van der Waals surface area contributed by atoms with Crippen LogP contribution in [0.2, 0.25) is 0 Å². The zero-order valence-corrected chi connectivity index (χ0v) is 14.5. The number of ether oxygens (including phenoxy) is 3. The van der Waals surface area contributed by atoms with Gasteiger partial charge in [-0.3, -0.25) is 14.3 Å². The van der Waals surface area contributed by atoms with E-state index in [9.17, 15) is 9.90 Å². The number of imidazole rings is 1. The average Bonchev–Trinajstić information content (AvgIpc) is 3.07. The Hall–Kier alpha value is -1.53. The van der Waals surface area contributed by atoms with Crippen molar-refractivity contribution in [2.24, 2.45) is 0 Å². The summed E-state index contributed by atoms with van der Waals surface area (Å²) >= 11 is 3.33. The Morgan fingerprint density at radius 2 is 2.08 bits per heavy atom. The van der Waals surface area contributed by atoms with E-state index in [0.717, 1.165) is 0 Å². The van der Waals surface area contributed by atoms with Gasteiger partial charge in [-0.25, -0.2) is 4.98 Å². The first-order valence-electron chi connectivity index (χ1n) is 7.36. The van der Waals surface area contributed by atoms with Crippen LogP contribution in [-0.4, -0.2) is 55.3 Å². The summed E-state index contributed by atoms with van der Waals surface area (Å²) in [5, 5.41) is 9.58. The molecule has 2 aromatic rings. The normalized spacial score (nSPS) is 31.7. The van der Waals surface area contributed by atoms with E-state index in [4.69, 9.17) is 19.9 Å². The van der Waals surface area contributed by atoms with Crippen molar-refractivity contribution in [3.05, 3.63) is 15.1 Å². The number of aromatic nitrogens is 4. The molecule has 0 radical (unpaired) electrons. The topological polar surface area (TPSA) is 138 Å². The van der Waals surface area contributed by atoms with Crippen molar-refractivity contribution in [2.45, 2.75) is 44.2 Å². The number of hydrogen-bond donors (Lipinski definition) is 3. The summed E-state index contributed by atoms with van der Waals surface area (Å²) in [6.45, 7) is 3.36. The lowest BCUT2D eigenvalue weighted by Gasteiger charge is -2.24. The number of hydrogen-bond acceptors (Lipinski definition) is 8. The summed E-state index contributed by atoms with van der Waals surface area (Å²) in [6.07, 6.45) is -2.18. The lowest BCUT2D eigenvalue weighted by Crippen LogP contribution is -2.31. The van der Waals surface area contributed by atoms with Crippen LogP contribution in [0.15, 0.2) is 9.53 Å². The number of fused-ring (bicyclic) bond motifs is 2. The third kappa shape index (κ3) is 2.27. The summed E-state index contributed by atoms with van der Waals surface area (Å²) in [7, 11) is 0. The number of anilines is 1. The molecule has 2 aromatic heterocycles. The SMILES string of the molecule is CC1(C)O[C@@H]2[C@H](O1)[C@@H](CO)O[C@@H]2n1c(Br)nc2c(=O)[nH]c(N)nc21. The number of nitrogen functional groups attached to an aromatic ring is 1. The van der Waals surface area contributed by atoms with Gasteiger partial charge in [0.05, 0.1) is 6.61 Å². The number of H-pyrrole nitrogens is 1. The van der Waals surface area contributed by atoms with Crippen LogP contribution in [0, 0.1) is 0 Å². The molecule has 130 valence electrons. The molecule has 24 heavy (non-hydrogen) atoms. The molecular weight excluding hydrogens is 386 g/mol. The van der Waals surface area contributed by atoms with E-state index in [0.29, 0.717) is 4.73 Å². The van der Waals surface area contributed by atoms with E-state index in [1.807, 2.05) is 0 Å². The highest BCUT2D eigenvalue weighted by Crippen LogP contribution is 2.44. The fourth-order valence-corrected chi connectivity index (χ4v) is 3.76. The molecule has 2 aliphatic rings. The van der Waals surface area contributed by atoms with E-state index in [1.165, 1.54) is 0 Å². The fraction of sp³-hybridized carbons (Fsp3) is 0.615. The Kier molecular flexibility index (Phi) is 3.48. The van der Waals surface area contributed by atoms with Gasteiger partial charge in [-0.2, -0.15) is 4.98 Å². The third-order valence-corrected chi connectivity index (χ3v) is 4.64. The summed E-state index contributed by atoms with van der Waals surface area (Å²) in [6, 6.07) is 0. The third-order valence-electron chi connectivity index (χ3n) is 4.09. The molecular formula is C13H16BrN5O5. The van der Waals surface area contributed by atoms with Gasteiger partial charge in [0.2, 0.25) is 5.95 Å². The van der Waals surface area contributed by atoms with Crippen LogP contribution in [-0.2, 0) is 14.2 Å². The Morgan fingerprint density at radius 3 is 2.79 bits per heavy atom. The van der Waals surface area contributed by atoms with Crippen LogP contribution in [0.25, 0.3) is 11.2 Å². The average molecular weight is 402 g/mol. The van der Waals surface area contributed by atoms with Crippen molar-refractivity contribution in [3.8, 4) is 0 Å². The lowest BCUT2D eigenvalue weighted by atomic mass is 10.1. The molecule has 11 heteroatoms. The van der Waals surface area contributed by atoms with Crippen LogP contribution in [0.4, 0.5) is 5.95 Å². The smallest absolute Gasteiger partial charge is 0.280 e. The molecule has 0 aliphatic carbocycles. The predicted octanol–water partition coefficient (Wildman–Crippen LogP) is -0.126. The highest BCUT2D eigenvalue weighted by Gasteiger charge is 2.56. The minimum atomic E-state index is -0.808. The molecule has 0 amide bonds. The Morgan fingerprint density at radius 1 is 1.38 bits per heavy atom. The molecule has 0 bridgehead atoms. The van der Waals surface area contributed by atoms with Gasteiger partial charge < -0.3 is 25.1 Å². The number of aromatic amines is 1. The summed E-state index contributed by atoms with van der Waals surface area (Å²) in [5.41, 5.74) is 5.58. The van der Waals surface area contributed by atoms with Crippen LogP contribution < -0.4 is 11.3 Å². The number of rotatable bonds is 2. The Balaban J connectivity index is 1.86. The molecule has 2 aliphatic heterocycles. The standard InChI is InChI=1S/C13H16BrN5O5/c1-13(2)23-6-4(3-20)22-10(7(6)24-13)19-8-5(16-11(19)14)9(21)18-12(15)17-8/h4,6-7,10,20H,3H2,1-2H3,(H3,15,17,18,21)/t4-,6-,7-,10+/m1/s1. The van der Waals surface area contributed by atoms with Gasteiger partial charge in [0.1, 0.15) is 18.3 Å². The number of aliphatic hydroxyl groups excluding tert-OH is 1. The molecule has 0 unspecified atom stereocenters. The van der Waals surface area contributed by atoms with Crippen LogP contribution in [0.3, 0.4) is 0 Å². The maximum absolute atomic E-state index is 12.0. The van der Waals surface area contributed by atoms with Crippen molar-refractivity contribution in [3.63, 3.8) is 0 Å². The largest absolute Gasteiger partial charge is 0.394 e. The Labute approximate surface area is 144 Å². The van der Waals surface area contributed by atoms with E-state index < -0.39 is 35.9 Å². The first-order chi connectivity index (χ1) is 11.3. The van der Waals surface area contributed by atoms with Crippen LogP contribution in [0.1, 0.15) is 20.1 Å². The minimum absolute atomic E-state index is 0.0293. The highest BCUT2D eigenvalue weighted by molar-refractivity contribution is 9.10. The minimum Gasteiger partial charge on any atom is -0.394 e. The molecule has 0 saturated carbocycles. The molecule has 2 fully saturated rings. The second-order valence-corrected chi connectivity index (χ2v) is 6.90. The van der Waals surface area contributed by atoms with Gasteiger partial charge in [0.25, 0.3) is 5.56 Å². The van der Waals surface area contributed by atoms with Crippen molar-refractivity contribution in [1.82, 2.24) is 19.5 Å². The first-order valence-corrected chi connectivity index (χ1v) is 8.15. The molecule has 0 spiro atoms. The van der Waals surface area contributed by atoms with Gasteiger partial charge in [-0.05, 0) is 29.8 Å². The zero-order chi connectivity index (χ0) is 17.2.